The number of carbonyl (C=O) groups is 2. The van der Waals surface area contributed by atoms with Crippen LogP contribution >= 0.6 is 0 Å². The highest BCUT2D eigenvalue weighted by atomic mass is 16.6. The van der Waals surface area contributed by atoms with E-state index in [-0.39, 0.29) is 6.04 Å². The lowest BCUT2D eigenvalue weighted by Gasteiger charge is -2.22. The molecular formula is C12H21NO4. The largest absolute Gasteiger partial charge is 0.466 e. The van der Waals surface area contributed by atoms with Gasteiger partial charge < -0.3 is 14.8 Å². The summed E-state index contributed by atoms with van der Waals surface area (Å²) < 4.78 is 9.60. The van der Waals surface area contributed by atoms with Crippen molar-refractivity contribution < 1.29 is 19.1 Å². The number of methoxy groups -OCH3 is 1. The second kappa shape index (κ2) is 6.27. The monoisotopic (exact) mass is 243 g/mol. The first-order valence-corrected chi connectivity index (χ1v) is 5.41. The predicted molar refractivity (Wildman–Crippen MR) is 64.6 cm³/mol. The van der Waals surface area contributed by atoms with Gasteiger partial charge in [0.05, 0.1) is 7.11 Å². The van der Waals surface area contributed by atoms with E-state index in [2.05, 4.69) is 16.6 Å². The van der Waals surface area contributed by atoms with Gasteiger partial charge in [0.25, 0.3) is 0 Å². The Morgan fingerprint density at radius 1 is 1.35 bits per heavy atom. The summed E-state index contributed by atoms with van der Waals surface area (Å²) in [7, 11) is 1.29. The van der Waals surface area contributed by atoms with E-state index in [9.17, 15) is 9.59 Å². The van der Waals surface area contributed by atoms with Crippen LogP contribution in [0.3, 0.4) is 0 Å². The van der Waals surface area contributed by atoms with Crippen molar-refractivity contribution in [2.45, 2.75) is 45.8 Å². The number of carbonyl (C=O) groups excluding carboxylic acids is 2. The van der Waals surface area contributed by atoms with Gasteiger partial charge >= 0.3 is 12.1 Å². The van der Waals surface area contributed by atoms with Crippen LogP contribution in [-0.2, 0) is 14.3 Å². The van der Waals surface area contributed by atoms with Crippen molar-refractivity contribution in [3.8, 4) is 0 Å². The van der Waals surface area contributed by atoms with Crippen molar-refractivity contribution in [2.75, 3.05) is 7.11 Å². The summed E-state index contributed by atoms with van der Waals surface area (Å²) in [5.41, 5.74) is -0.223. The van der Waals surface area contributed by atoms with Crippen LogP contribution in [0.15, 0.2) is 12.2 Å². The number of amides is 1. The van der Waals surface area contributed by atoms with Gasteiger partial charge in [0.2, 0.25) is 0 Å². The van der Waals surface area contributed by atoms with Crippen LogP contribution in [0.2, 0.25) is 0 Å². The van der Waals surface area contributed by atoms with Crippen molar-refractivity contribution in [1.29, 1.82) is 0 Å². The Bertz CT molecular complexity index is 304. The quantitative estimate of drug-likeness (QED) is 0.606. The zero-order chi connectivity index (χ0) is 13.6. The Kier molecular flexibility index (Phi) is 5.71. The van der Waals surface area contributed by atoms with Gasteiger partial charge in [-0.2, -0.15) is 0 Å². The summed E-state index contributed by atoms with van der Waals surface area (Å²) in [5, 5.41) is 2.62. The molecule has 0 aromatic heterocycles. The fourth-order valence-electron chi connectivity index (χ4n) is 1.16. The molecule has 0 saturated heterocycles. The lowest BCUT2D eigenvalue weighted by atomic mass is 10.1. The molecule has 0 aliphatic rings. The lowest BCUT2D eigenvalue weighted by Crippen LogP contribution is -2.38. The Morgan fingerprint density at radius 2 is 1.88 bits per heavy atom. The molecule has 0 aliphatic heterocycles. The van der Waals surface area contributed by atoms with Gasteiger partial charge in [-0.15, -0.1) is 0 Å². The van der Waals surface area contributed by atoms with Crippen LogP contribution in [0.25, 0.3) is 0 Å². The Hall–Kier alpha value is -1.52. The SMILES string of the molecule is C=C(C[C@H](C)NC(=O)OC(C)(C)C)C(=O)OC. The summed E-state index contributed by atoms with van der Waals surface area (Å²) in [6.45, 7) is 10.7. The molecule has 0 rings (SSSR count). The van der Waals surface area contributed by atoms with Gasteiger partial charge in [0.15, 0.2) is 0 Å². The van der Waals surface area contributed by atoms with Gasteiger partial charge in [0.1, 0.15) is 5.60 Å². The number of alkyl carbamates (subject to hydrolysis) is 1. The maximum Gasteiger partial charge on any atom is 0.407 e. The first-order valence-electron chi connectivity index (χ1n) is 5.41. The zero-order valence-corrected chi connectivity index (χ0v) is 11.1. The van der Waals surface area contributed by atoms with Crippen LogP contribution in [0.4, 0.5) is 4.79 Å². The minimum Gasteiger partial charge on any atom is -0.466 e. The number of nitrogens with one attached hydrogen (secondary N) is 1. The molecule has 5 heteroatoms. The van der Waals surface area contributed by atoms with Crippen molar-refractivity contribution >= 4 is 12.1 Å². The molecule has 1 amide bonds. The van der Waals surface area contributed by atoms with E-state index in [4.69, 9.17) is 4.74 Å². The minimum absolute atomic E-state index is 0.239. The van der Waals surface area contributed by atoms with Gasteiger partial charge in [-0.3, -0.25) is 0 Å². The molecule has 0 aromatic carbocycles. The number of hydrogen-bond donors (Lipinski definition) is 1. The highest BCUT2D eigenvalue weighted by Crippen LogP contribution is 2.09. The number of esters is 1. The van der Waals surface area contributed by atoms with Crippen molar-refractivity contribution in [3.05, 3.63) is 12.2 Å². The molecule has 0 saturated carbocycles. The first-order chi connectivity index (χ1) is 7.65. The van der Waals surface area contributed by atoms with E-state index < -0.39 is 17.7 Å². The summed E-state index contributed by atoms with van der Waals surface area (Å²) >= 11 is 0. The van der Waals surface area contributed by atoms with Crippen LogP contribution in [0.5, 0.6) is 0 Å². The van der Waals surface area contributed by atoms with Crippen LogP contribution < -0.4 is 5.32 Å². The highest BCUT2D eigenvalue weighted by Gasteiger charge is 2.19. The van der Waals surface area contributed by atoms with E-state index in [1.165, 1.54) is 7.11 Å². The minimum atomic E-state index is -0.539. The second-order valence-corrected chi connectivity index (χ2v) is 4.85. The molecule has 98 valence electrons. The highest BCUT2D eigenvalue weighted by molar-refractivity contribution is 5.87. The average molecular weight is 243 g/mol. The van der Waals surface area contributed by atoms with Crippen LogP contribution in [-0.4, -0.2) is 30.8 Å². The van der Waals surface area contributed by atoms with Crippen molar-refractivity contribution in [2.24, 2.45) is 0 Å². The fourth-order valence-corrected chi connectivity index (χ4v) is 1.16. The maximum absolute atomic E-state index is 11.4. The molecule has 0 aromatic rings. The van der Waals surface area contributed by atoms with Gasteiger partial charge in [-0.1, -0.05) is 6.58 Å². The second-order valence-electron chi connectivity index (χ2n) is 4.85. The van der Waals surface area contributed by atoms with E-state index in [1.807, 2.05) is 0 Å². The summed E-state index contributed by atoms with van der Waals surface area (Å²) in [6, 6.07) is -0.239. The Balaban J connectivity index is 4.10. The third kappa shape index (κ3) is 7.38. The summed E-state index contributed by atoms with van der Waals surface area (Å²) in [4.78, 5) is 22.5. The molecule has 0 spiro atoms. The van der Waals surface area contributed by atoms with Crippen LogP contribution in [0.1, 0.15) is 34.1 Å². The fraction of sp³-hybridized carbons (Fsp3) is 0.667. The number of ether oxygens (including phenoxy) is 2. The van der Waals surface area contributed by atoms with E-state index in [1.54, 1.807) is 27.7 Å². The third-order valence-corrected chi connectivity index (χ3v) is 1.79. The van der Waals surface area contributed by atoms with Gasteiger partial charge in [0, 0.05) is 11.6 Å². The number of rotatable bonds is 4. The van der Waals surface area contributed by atoms with Crippen molar-refractivity contribution in [1.82, 2.24) is 5.32 Å². The number of hydrogen-bond acceptors (Lipinski definition) is 4. The van der Waals surface area contributed by atoms with E-state index in [0.717, 1.165) is 0 Å². The molecule has 1 N–H and O–H groups in total. The zero-order valence-electron chi connectivity index (χ0n) is 11.1. The molecule has 5 nitrogen and oxygen atoms in total. The Morgan fingerprint density at radius 3 is 2.29 bits per heavy atom. The summed E-state index contributed by atoms with van der Waals surface area (Å²) in [6.07, 6.45) is -0.186. The molecule has 0 radical (unpaired) electrons. The topological polar surface area (TPSA) is 64.6 Å². The molecule has 0 fully saturated rings. The van der Waals surface area contributed by atoms with Gasteiger partial charge in [-0.05, 0) is 34.1 Å². The van der Waals surface area contributed by atoms with E-state index in [0.29, 0.717) is 12.0 Å². The Labute approximate surface area is 102 Å². The predicted octanol–water partition coefficient (Wildman–Crippen LogP) is 2.02. The summed E-state index contributed by atoms with van der Waals surface area (Å²) in [5.74, 6) is -0.470. The van der Waals surface area contributed by atoms with Crippen molar-refractivity contribution in [3.63, 3.8) is 0 Å². The standard InChI is InChI=1S/C12H21NO4/c1-8(10(14)16-6)7-9(2)13-11(15)17-12(3,4)5/h9H,1,7H2,2-6H3,(H,13,15)/t9-/m0/s1. The molecule has 0 bridgehead atoms. The maximum atomic E-state index is 11.4. The average Bonchev–Trinajstić information content (AvgIpc) is 2.12. The molecule has 1 atom stereocenters. The molecule has 0 aliphatic carbocycles. The molecular weight excluding hydrogens is 222 g/mol. The van der Waals surface area contributed by atoms with E-state index >= 15 is 0 Å². The van der Waals surface area contributed by atoms with Crippen LogP contribution in [0, 0.1) is 0 Å². The normalized spacial score (nSPS) is 12.5. The molecule has 0 heterocycles. The first kappa shape index (κ1) is 15.5. The molecule has 17 heavy (non-hydrogen) atoms. The smallest absolute Gasteiger partial charge is 0.407 e. The van der Waals surface area contributed by atoms with Gasteiger partial charge in [-0.25, -0.2) is 9.59 Å². The third-order valence-electron chi connectivity index (χ3n) is 1.79. The molecule has 0 unspecified atom stereocenters. The lowest BCUT2D eigenvalue weighted by molar-refractivity contribution is -0.136.